The summed E-state index contributed by atoms with van der Waals surface area (Å²) in [7, 11) is 0. The molecule has 0 amide bonds. The highest BCUT2D eigenvalue weighted by atomic mass is 16.3. The molecule has 0 spiro atoms. The molecule has 3 rings (SSSR count). The molecule has 1 atom stereocenters. The summed E-state index contributed by atoms with van der Waals surface area (Å²) in [6.45, 7) is 2.01. The number of nitrogens with zero attached hydrogens (tertiary/aromatic N) is 1. The number of allylic oxidation sites excluding steroid dienone is 2. The van der Waals surface area contributed by atoms with Crippen molar-refractivity contribution in [1.29, 1.82) is 0 Å². The van der Waals surface area contributed by atoms with Crippen molar-refractivity contribution in [1.82, 2.24) is 0 Å². The smallest absolute Gasteiger partial charge is 0.168 e. The topological polar surface area (TPSA) is 49.7 Å². The largest absolute Gasteiger partial charge is 0.511 e. The van der Waals surface area contributed by atoms with E-state index in [1.54, 1.807) is 0 Å². The third kappa shape index (κ3) is 3.57. The van der Waals surface area contributed by atoms with E-state index in [1.165, 1.54) is 6.21 Å². The van der Waals surface area contributed by atoms with Gasteiger partial charge in [-0.3, -0.25) is 9.79 Å². The number of benzene rings is 2. The maximum atomic E-state index is 12.4. The average molecular weight is 305 g/mol. The van der Waals surface area contributed by atoms with Crippen molar-refractivity contribution in [2.75, 3.05) is 0 Å². The van der Waals surface area contributed by atoms with Gasteiger partial charge >= 0.3 is 0 Å². The third-order valence-corrected chi connectivity index (χ3v) is 4.13. The van der Waals surface area contributed by atoms with Crippen LogP contribution in [-0.4, -0.2) is 17.1 Å². The lowest BCUT2D eigenvalue weighted by Crippen LogP contribution is -2.19. The quantitative estimate of drug-likeness (QED) is 0.839. The molecule has 0 saturated heterocycles. The van der Waals surface area contributed by atoms with Gasteiger partial charge in [-0.15, -0.1) is 0 Å². The summed E-state index contributed by atoms with van der Waals surface area (Å²) in [4.78, 5) is 16.7. The Balaban J connectivity index is 1.80. The zero-order valence-corrected chi connectivity index (χ0v) is 13.1. The predicted octanol–water partition coefficient (Wildman–Crippen LogP) is 4.66. The second-order valence-corrected chi connectivity index (χ2v) is 5.89. The number of aryl methyl sites for hydroxylation is 1. The molecule has 3 heteroatoms. The lowest BCUT2D eigenvalue weighted by atomic mass is 9.83. The Morgan fingerprint density at radius 2 is 1.74 bits per heavy atom. The normalized spacial score (nSPS) is 18.7. The van der Waals surface area contributed by atoms with Crippen molar-refractivity contribution in [2.24, 2.45) is 4.99 Å². The highest BCUT2D eigenvalue weighted by Crippen LogP contribution is 2.33. The van der Waals surface area contributed by atoms with Crippen molar-refractivity contribution >= 4 is 17.7 Å². The number of hydrogen-bond donors (Lipinski definition) is 1. The Hall–Kier alpha value is -2.68. The summed E-state index contributed by atoms with van der Waals surface area (Å²) in [5, 5.41) is 10.3. The predicted molar refractivity (Wildman–Crippen MR) is 92.4 cm³/mol. The number of Topliss-reactive ketones (excluding diaryl/α,β-unsaturated/α-hetero) is 1. The minimum Gasteiger partial charge on any atom is -0.511 e. The van der Waals surface area contributed by atoms with Crippen LogP contribution in [-0.2, 0) is 4.79 Å². The molecule has 1 aliphatic carbocycles. The summed E-state index contributed by atoms with van der Waals surface area (Å²) in [5.41, 5.74) is 3.35. The van der Waals surface area contributed by atoms with Crippen molar-refractivity contribution in [3.8, 4) is 0 Å². The summed E-state index contributed by atoms with van der Waals surface area (Å²) in [5.74, 6) is 0.115. The Morgan fingerprint density at radius 1 is 1.04 bits per heavy atom. The molecule has 2 aromatic rings. The van der Waals surface area contributed by atoms with Crippen LogP contribution >= 0.6 is 0 Å². The summed E-state index contributed by atoms with van der Waals surface area (Å²) < 4.78 is 0. The van der Waals surface area contributed by atoms with E-state index in [4.69, 9.17) is 0 Å². The van der Waals surface area contributed by atoms with Gasteiger partial charge in [0.05, 0.1) is 11.3 Å². The summed E-state index contributed by atoms with van der Waals surface area (Å²) in [6, 6.07) is 17.6. The number of carbonyl (C=O) groups is 1. The number of ketones is 1. The molecular formula is C20H19NO2. The molecule has 1 unspecified atom stereocenters. The zero-order valence-electron chi connectivity index (χ0n) is 13.1. The summed E-state index contributed by atoms with van der Waals surface area (Å²) in [6.07, 6.45) is 2.37. The highest BCUT2D eigenvalue weighted by molar-refractivity contribution is 6.15. The van der Waals surface area contributed by atoms with Crippen LogP contribution < -0.4 is 0 Å². The molecule has 23 heavy (non-hydrogen) atoms. The number of hydrogen-bond acceptors (Lipinski definition) is 3. The van der Waals surface area contributed by atoms with Crippen LogP contribution in [0.4, 0.5) is 5.69 Å². The van der Waals surface area contributed by atoms with E-state index in [1.807, 2.05) is 61.5 Å². The first-order chi connectivity index (χ1) is 11.1. The number of aliphatic imine (C=N–C) groups is 1. The minimum atomic E-state index is -0.0570. The van der Waals surface area contributed by atoms with Crippen molar-refractivity contribution < 1.29 is 9.90 Å². The van der Waals surface area contributed by atoms with Gasteiger partial charge in [0.2, 0.25) is 0 Å². The maximum Gasteiger partial charge on any atom is 0.168 e. The van der Waals surface area contributed by atoms with E-state index < -0.39 is 0 Å². The molecule has 0 heterocycles. The van der Waals surface area contributed by atoms with E-state index in [2.05, 4.69) is 4.99 Å². The van der Waals surface area contributed by atoms with E-state index in [-0.39, 0.29) is 17.5 Å². The van der Waals surface area contributed by atoms with Crippen LogP contribution in [0.3, 0.4) is 0 Å². The lowest BCUT2D eigenvalue weighted by Gasteiger charge is -2.22. The second kappa shape index (κ2) is 6.61. The van der Waals surface area contributed by atoms with Crippen LogP contribution in [0.5, 0.6) is 0 Å². The molecule has 0 bridgehead atoms. The van der Waals surface area contributed by atoms with E-state index in [0.717, 1.165) is 16.8 Å². The van der Waals surface area contributed by atoms with Crippen LogP contribution in [0.25, 0.3) is 0 Å². The first-order valence-corrected chi connectivity index (χ1v) is 7.74. The number of aliphatic hydroxyl groups excluding tert-OH is 1. The standard InChI is InChI=1S/C20H19NO2/c1-14-7-9-17(10-8-14)21-13-18-19(22)11-16(12-20(18)23)15-5-3-2-4-6-15/h2-10,13,16,22H,11-12H2,1H3. The average Bonchev–Trinajstić information content (AvgIpc) is 2.56. The lowest BCUT2D eigenvalue weighted by molar-refractivity contribution is -0.116. The summed E-state index contributed by atoms with van der Waals surface area (Å²) >= 11 is 0. The Labute approximate surface area is 136 Å². The molecule has 0 fully saturated rings. The van der Waals surface area contributed by atoms with E-state index in [9.17, 15) is 9.90 Å². The number of rotatable bonds is 3. The molecule has 0 aliphatic heterocycles. The second-order valence-electron chi connectivity index (χ2n) is 5.89. The minimum absolute atomic E-state index is 0.0419. The van der Waals surface area contributed by atoms with E-state index in [0.29, 0.717) is 18.4 Å². The van der Waals surface area contributed by atoms with Gasteiger partial charge in [0, 0.05) is 19.1 Å². The van der Waals surface area contributed by atoms with Gasteiger partial charge in [0.15, 0.2) is 5.78 Å². The molecule has 3 nitrogen and oxygen atoms in total. The molecule has 2 aromatic carbocycles. The SMILES string of the molecule is Cc1ccc(N=CC2=C(O)CC(c3ccccc3)CC2=O)cc1. The van der Waals surface area contributed by atoms with Gasteiger partial charge in [-0.05, 0) is 30.5 Å². The molecule has 0 aromatic heterocycles. The van der Waals surface area contributed by atoms with Gasteiger partial charge in [-0.2, -0.15) is 0 Å². The zero-order chi connectivity index (χ0) is 16.2. The van der Waals surface area contributed by atoms with Crippen LogP contribution in [0.15, 0.2) is 70.9 Å². The fourth-order valence-electron chi connectivity index (χ4n) is 2.79. The fraction of sp³-hybridized carbons (Fsp3) is 0.200. The highest BCUT2D eigenvalue weighted by Gasteiger charge is 2.27. The maximum absolute atomic E-state index is 12.4. The van der Waals surface area contributed by atoms with Gasteiger partial charge < -0.3 is 5.11 Å². The van der Waals surface area contributed by atoms with E-state index >= 15 is 0 Å². The molecule has 1 aliphatic rings. The molecule has 1 N–H and O–H groups in total. The first-order valence-electron chi connectivity index (χ1n) is 7.74. The third-order valence-electron chi connectivity index (χ3n) is 4.13. The van der Waals surface area contributed by atoms with Gasteiger partial charge in [-0.1, -0.05) is 48.0 Å². The van der Waals surface area contributed by atoms with Crippen LogP contribution in [0.2, 0.25) is 0 Å². The monoisotopic (exact) mass is 305 g/mol. The van der Waals surface area contributed by atoms with Crippen LogP contribution in [0, 0.1) is 6.92 Å². The Kier molecular flexibility index (Phi) is 4.38. The van der Waals surface area contributed by atoms with Crippen molar-refractivity contribution in [3.63, 3.8) is 0 Å². The van der Waals surface area contributed by atoms with Gasteiger partial charge in [0.25, 0.3) is 0 Å². The number of aliphatic hydroxyl groups is 1. The number of carbonyl (C=O) groups excluding carboxylic acids is 1. The first kappa shape index (κ1) is 15.2. The van der Waals surface area contributed by atoms with Crippen molar-refractivity contribution in [2.45, 2.75) is 25.7 Å². The molecule has 0 saturated carbocycles. The Bertz CT molecular complexity index is 758. The molecule has 0 radical (unpaired) electrons. The van der Waals surface area contributed by atoms with Gasteiger partial charge in [-0.25, -0.2) is 0 Å². The Morgan fingerprint density at radius 3 is 2.39 bits per heavy atom. The van der Waals surface area contributed by atoms with Gasteiger partial charge in [0.1, 0.15) is 5.76 Å². The fourth-order valence-corrected chi connectivity index (χ4v) is 2.79. The van der Waals surface area contributed by atoms with Crippen molar-refractivity contribution in [3.05, 3.63) is 77.1 Å². The molecule has 116 valence electrons. The molecular weight excluding hydrogens is 286 g/mol. The van der Waals surface area contributed by atoms with Crippen LogP contribution in [0.1, 0.15) is 29.9 Å².